The molecule has 1 N–H and O–H groups in total. The van der Waals surface area contributed by atoms with Gasteiger partial charge >= 0.3 is 0 Å². The number of amides is 3. The highest BCUT2D eigenvalue weighted by atomic mass is 35.5. The lowest BCUT2D eigenvalue weighted by atomic mass is 10.0. The van der Waals surface area contributed by atoms with Gasteiger partial charge in [-0.25, -0.2) is 0 Å². The molecular formula is C29H20Cl2N2O4S. The summed E-state index contributed by atoms with van der Waals surface area (Å²) >= 11 is 12.7. The molecule has 6 nitrogen and oxygen atoms in total. The molecule has 0 spiro atoms. The number of halogens is 2. The smallest absolute Gasteiger partial charge is 0.294 e. The first-order valence-corrected chi connectivity index (χ1v) is 13.1. The van der Waals surface area contributed by atoms with Crippen LogP contribution < -0.4 is 10.1 Å². The number of nitrogens with one attached hydrogen (secondary N) is 1. The molecule has 0 atom stereocenters. The van der Waals surface area contributed by atoms with E-state index < -0.39 is 23.6 Å². The zero-order valence-electron chi connectivity index (χ0n) is 19.8. The molecular weight excluding hydrogens is 543 g/mol. The molecule has 1 aliphatic heterocycles. The number of imide groups is 1. The molecule has 1 heterocycles. The molecule has 0 aliphatic carbocycles. The maximum atomic E-state index is 13.2. The fraction of sp³-hybridized carbons (Fsp3) is 0.0690. The summed E-state index contributed by atoms with van der Waals surface area (Å²) in [6, 6.07) is 25.5. The minimum Gasteiger partial charge on any atom is -0.488 e. The molecule has 190 valence electrons. The molecule has 4 aromatic carbocycles. The van der Waals surface area contributed by atoms with Gasteiger partial charge in [0.2, 0.25) is 5.91 Å². The summed E-state index contributed by atoms with van der Waals surface area (Å²) in [5, 5.41) is 5.05. The molecule has 0 saturated carbocycles. The van der Waals surface area contributed by atoms with Crippen LogP contribution in [0.5, 0.6) is 5.75 Å². The van der Waals surface area contributed by atoms with Crippen LogP contribution in [0.3, 0.4) is 0 Å². The number of carbonyl (C=O) groups excluding carboxylic acids is 3. The lowest BCUT2D eigenvalue weighted by molar-refractivity contribution is -0.127. The molecule has 0 bridgehead atoms. The standard InChI is InChI=1S/C29H20Cl2N2O4S/c30-20-11-8-18(9-12-20)17-37-25-13-10-19-4-1-2-7-23(19)24(25)15-26-28(35)33(29(36)38-26)16-27(34)32-22-6-3-5-21(31)14-22/h1-15H,16-17H2,(H,32,34)/b26-15+. The van der Waals surface area contributed by atoms with Gasteiger partial charge in [-0.15, -0.1) is 0 Å². The third-order valence-corrected chi connectivity index (χ3v) is 7.19. The summed E-state index contributed by atoms with van der Waals surface area (Å²) in [7, 11) is 0. The number of carbonyl (C=O) groups is 3. The van der Waals surface area contributed by atoms with Gasteiger partial charge in [0, 0.05) is 21.3 Å². The molecule has 9 heteroatoms. The lowest BCUT2D eigenvalue weighted by Gasteiger charge is -2.14. The Bertz CT molecular complexity index is 1590. The fourth-order valence-corrected chi connectivity index (χ4v) is 5.11. The van der Waals surface area contributed by atoms with E-state index in [0.717, 1.165) is 33.0 Å². The number of thioether (sulfide) groups is 1. The maximum absolute atomic E-state index is 13.2. The topological polar surface area (TPSA) is 75.7 Å². The molecule has 38 heavy (non-hydrogen) atoms. The van der Waals surface area contributed by atoms with Crippen LogP contribution in [0.25, 0.3) is 16.8 Å². The van der Waals surface area contributed by atoms with Gasteiger partial charge in [-0.3, -0.25) is 19.3 Å². The summed E-state index contributed by atoms with van der Waals surface area (Å²) in [4.78, 5) is 39.6. The quantitative estimate of drug-likeness (QED) is 0.237. The van der Waals surface area contributed by atoms with E-state index >= 15 is 0 Å². The second-order valence-corrected chi connectivity index (χ2v) is 10.3. The molecule has 0 unspecified atom stereocenters. The van der Waals surface area contributed by atoms with Crippen molar-refractivity contribution in [2.45, 2.75) is 6.61 Å². The number of fused-ring (bicyclic) bond motifs is 1. The molecule has 1 aliphatic rings. The molecule has 1 fully saturated rings. The summed E-state index contributed by atoms with van der Waals surface area (Å²) in [6.45, 7) is -0.120. The molecule has 4 aromatic rings. The van der Waals surface area contributed by atoms with E-state index in [9.17, 15) is 14.4 Å². The van der Waals surface area contributed by atoms with Gasteiger partial charge in [-0.1, -0.05) is 71.7 Å². The van der Waals surface area contributed by atoms with Crippen LogP contribution in [0, 0.1) is 0 Å². The van der Waals surface area contributed by atoms with Gasteiger partial charge in [-0.05, 0) is 70.6 Å². The minimum absolute atomic E-state index is 0.207. The van der Waals surface area contributed by atoms with E-state index in [0.29, 0.717) is 33.7 Å². The number of rotatable bonds is 7. The zero-order valence-corrected chi connectivity index (χ0v) is 22.1. The summed E-state index contributed by atoms with van der Waals surface area (Å²) in [5.74, 6) is -0.491. The monoisotopic (exact) mass is 562 g/mol. The Labute approximate surface area is 233 Å². The molecule has 0 aromatic heterocycles. The molecule has 5 rings (SSSR count). The van der Waals surface area contributed by atoms with Crippen molar-refractivity contribution < 1.29 is 19.1 Å². The zero-order chi connectivity index (χ0) is 26.6. The number of hydrogen-bond acceptors (Lipinski definition) is 5. The maximum Gasteiger partial charge on any atom is 0.294 e. The Morgan fingerprint density at radius 1 is 0.921 bits per heavy atom. The van der Waals surface area contributed by atoms with Crippen molar-refractivity contribution in [2.75, 3.05) is 11.9 Å². The largest absolute Gasteiger partial charge is 0.488 e. The number of nitrogens with zero attached hydrogens (tertiary/aromatic N) is 1. The van der Waals surface area contributed by atoms with Crippen LogP contribution in [0.15, 0.2) is 89.8 Å². The van der Waals surface area contributed by atoms with Crippen LogP contribution in [-0.4, -0.2) is 28.5 Å². The second-order valence-electron chi connectivity index (χ2n) is 8.44. The van der Waals surface area contributed by atoms with Crippen molar-refractivity contribution in [1.29, 1.82) is 0 Å². The van der Waals surface area contributed by atoms with Crippen LogP contribution in [-0.2, 0) is 16.2 Å². The number of hydrogen-bond donors (Lipinski definition) is 1. The summed E-state index contributed by atoms with van der Waals surface area (Å²) < 4.78 is 6.13. The number of ether oxygens (including phenoxy) is 1. The van der Waals surface area contributed by atoms with Crippen molar-refractivity contribution >= 4 is 74.6 Å². The summed E-state index contributed by atoms with van der Waals surface area (Å²) in [5.41, 5.74) is 2.08. The van der Waals surface area contributed by atoms with Gasteiger partial charge in [0.15, 0.2) is 0 Å². The van der Waals surface area contributed by atoms with Crippen molar-refractivity contribution in [3.63, 3.8) is 0 Å². The molecule has 0 radical (unpaired) electrons. The Morgan fingerprint density at radius 2 is 1.71 bits per heavy atom. The fourth-order valence-electron chi connectivity index (χ4n) is 3.97. The van der Waals surface area contributed by atoms with E-state index in [1.807, 2.05) is 48.5 Å². The highest BCUT2D eigenvalue weighted by Crippen LogP contribution is 2.37. The van der Waals surface area contributed by atoms with Crippen molar-refractivity contribution in [3.8, 4) is 5.75 Å². The normalized spacial score (nSPS) is 14.4. The van der Waals surface area contributed by atoms with Crippen LogP contribution >= 0.6 is 35.0 Å². The van der Waals surface area contributed by atoms with E-state index in [1.54, 1.807) is 42.5 Å². The Balaban J connectivity index is 1.39. The predicted octanol–water partition coefficient (Wildman–Crippen LogP) is 7.40. The average molecular weight is 563 g/mol. The predicted molar refractivity (Wildman–Crippen MR) is 152 cm³/mol. The first kappa shape index (κ1) is 25.9. The average Bonchev–Trinajstić information content (AvgIpc) is 3.16. The highest BCUT2D eigenvalue weighted by Gasteiger charge is 2.36. The van der Waals surface area contributed by atoms with Crippen molar-refractivity contribution in [1.82, 2.24) is 4.90 Å². The van der Waals surface area contributed by atoms with Gasteiger partial charge in [0.05, 0.1) is 4.91 Å². The van der Waals surface area contributed by atoms with Gasteiger partial charge in [0.25, 0.3) is 11.1 Å². The van der Waals surface area contributed by atoms with Crippen LogP contribution in [0.2, 0.25) is 10.0 Å². The Kier molecular flexibility index (Phi) is 7.69. The Morgan fingerprint density at radius 3 is 2.50 bits per heavy atom. The Hall–Kier alpha value is -3.78. The highest BCUT2D eigenvalue weighted by molar-refractivity contribution is 8.18. The van der Waals surface area contributed by atoms with Gasteiger partial charge < -0.3 is 10.1 Å². The van der Waals surface area contributed by atoms with Crippen molar-refractivity contribution in [3.05, 3.63) is 111 Å². The van der Waals surface area contributed by atoms with E-state index in [4.69, 9.17) is 27.9 Å². The van der Waals surface area contributed by atoms with Crippen molar-refractivity contribution in [2.24, 2.45) is 0 Å². The molecule has 1 saturated heterocycles. The lowest BCUT2D eigenvalue weighted by Crippen LogP contribution is -2.36. The van der Waals surface area contributed by atoms with Gasteiger partial charge in [-0.2, -0.15) is 0 Å². The SMILES string of the molecule is O=C(CN1C(=O)S/C(=C/c2c(OCc3ccc(Cl)cc3)ccc3ccccc23)C1=O)Nc1cccc(Cl)c1. The number of anilines is 1. The third-order valence-electron chi connectivity index (χ3n) is 5.80. The first-order chi connectivity index (χ1) is 18.4. The van der Waals surface area contributed by atoms with E-state index in [-0.39, 0.29) is 4.91 Å². The minimum atomic E-state index is -0.544. The van der Waals surface area contributed by atoms with Gasteiger partial charge in [0.1, 0.15) is 18.9 Å². The van der Waals surface area contributed by atoms with Crippen LogP contribution in [0.4, 0.5) is 10.5 Å². The second kappa shape index (κ2) is 11.3. The van der Waals surface area contributed by atoms with E-state index in [2.05, 4.69) is 5.32 Å². The summed E-state index contributed by atoms with van der Waals surface area (Å²) in [6.07, 6.45) is 1.65. The first-order valence-electron chi connectivity index (χ1n) is 11.6. The number of benzene rings is 4. The van der Waals surface area contributed by atoms with Crippen LogP contribution in [0.1, 0.15) is 11.1 Å². The van der Waals surface area contributed by atoms with E-state index in [1.165, 1.54) is 0 Å². The molecule has 3 amide bonds. The third kappa shape index (κ3) is 5.86.